The first kappa shape index (κ1) is 22.9. The summed E-state index contributed by atoms with van der Waals surface area (Å²) in [6.45, 7) is 12.0. The first-order valence-electron chi connectivity index (χ1n) is 9.05. The number of ether oxygens (including phenoxy) is 1. The van der Waals surface area contributed by atoms with Gasteiger partial charge in [-0.2, -0.15) is 0 Å². The molecule has 0 saturated carbocycles. The van der Waals surface area contributed by atoms with Crippen LogP contribution < -0.4 is 5.32 Å². The third-order valence-corrected chi connectivity index (χ3v) is 5.64. The highest BCUT2D eigenvalue weighted by molar-refractivity contribution is 8.06. The van der Waals surface area contributed by atoms with E-state index < -0.39 is 0 Å². The lowest BCUT2D eigenvalue weighted by Crippen LogP contribution is -2.19. The Hall–Kier alpha value is -1.17. The van der Waals surface area contributed by atoms with E-state index in [1.54, 1.807) is 17.8 Å². The first-order chi connectivity index (χ1) is 12.4. The maximum absolute atomic E-state index is 11.9. The van der Waals surface area contributed by atoms with E-state index in [0.29, 0.717) is 17.4 Å². The molecule has 0 fully saturated rings. The zero-order valence-corrected chi connectivity index (χ0v) is 18.0. The second-order valence-corrected chi connectivity index (χ2v) is 7.73. The molecule has 0 aliphatic carbocycles. The van der Waals surface area contributed by atoms with Crippen molar-refractivity contribution in [1.82, 2.24) is 5.32 Å². The van der Waals surface area contributed by atoms with Gasteiger partial charge >= 0.3 is 5.97 Å². The molecule has 1 aromatic rings. The van der Waals surface area contributed by atoms with Gasteiger partial charge in [0.1, 0.15) is 5.76 Å². The van der Waals surface area contributed by atoms with Gasteiger partial charge in [-0.15, -0.1) is 0 Å². The van der Waals surface area contributed by atoms with Gasteiger partial charge in [-0.1, -0.05) is 24.3 Å². The van der Waals surface area contributed by atoms with Crippen molar-refractivity contribution >= 4 is 29.3 Å². The molecule has 0 saturated heterocycles. The molecule has 0 aliphatic rings. The highest BCUT2D eigenvalue weighted by atomic mass is 35.5. The van der Waals surface area contributed by atoms with E-state index in [0.717, 1.165) is 43.0 Å². The molecule has 26 heavy (non-hydrogen) atoms. The number of hydrogen-bond acceptors (Lipinski definition) is 5. The summed E-state index contributed by atoms with van der Waals surface area (Å²) in [5.74, 6) is 0.673. The fraction of sp³-hybridized carbons (Fsp3) is 0.550. The Labute approximate surface area is 166 Å². The molecule has 0 atom stereocenters. The minimum Gasteiger partial charge on any atom is -0.463 e. The van der Waals surface area contributed by atoms with Crippen LogP contribution in [0.1, 0.15) is 53.2 Å². The van der Waals surface area contributed by atoms with E-state index >= 15 is 0 Å². The summed E-state index contributed by atoms with van der Waals surface area (Å²) in [6.07, 6.45) is 2.82. The van der Waals surface area contributed by atoms with Crippen LogP contribution in [0.5, 0.6) is 0 Å². The minimum atomic E-state index is -0.240. The molecule has 4 nitrogen and oxygen atoms in total. The van der Waals surface area contributed by atoms with E-state index in [2.05, 4.69) is 19.2 Å². The van der Waals surface area contributed by atoms with Gasteiger partial charge in [0.15, 0.2) is 5.22 Å². The van der Waals surface area contributed by atoms with Gasteiger partial charge in [0.2, 0.25) is 0 Å². The van der Waals surface area contributed by atoms with Crippen molar-refractivity contribution in [2.24, 2.45) is 0 Å². The van der Waals surface area contributed by atoms with Gasteiger partial charge in [0.05, 0.1) is 6.61 Å². The van der Waals surface area contributed by atoms with Crippen LogP contribution in [-0.2, 0) is 16.0 Å². The number of hydrogen-bond donors (Lipinski definition) is 1. The van der Waals surface area contributed by atoms with Crippen LogP contribution in [0.25, 0.3) is 0 Å². The largest absolute Gasteiger partial charge is 0.463 e. The Morgan fingerprint density at radius 2 is 2.00 bits per heavy atom. The summed E-state index contributed by atoms with van der Waals surface area (Å²) in [5, 5.41) is 3.92. The molecule has 1 rings (SSSR count). The van der Waals surface area contributed by atoms with Crippen molar-refractivity contribution in [1.29, 1.82) is 0 Å². The SMILES string of the molecule is CCOC(=O)/C(C)=C(\C)SC(CNCCCc1ccc(Cl)o1)=C(C)CC. The summed E-state index contributed by atoms with van der Waals surface area (Å²) in [5.41, 5.74) is 2.00. The van der Waals surface area contributed by atoms with Crippen molar-refractivity contribution in [3.8, 4) is 0 Å². The Morgan fingerprint density at radius 1 is 1.27 bits per heavy atom. The average molecular weight is 400 g/mol. The van der Waals surface area contributed by atoms with Gasteiger partial charge in [0, 0.05) is 23.4 Å². The van der Waals surface area contributed by atoms with Crippen LogP contribution in [0, 0.1) is 0 Å². The molecule has 1 heterocycles. The molecule has 0 radical (unpaired) electrons. The van der Waals surface area contributed by atoms with Crippen LogP contribution in [0.3, 0.4) is 0 Å². The zero-order valence-electron chi connectivity index (χ0n) is 16.4. The molecule has 1 N–H and O–H groups in total. The van der Waals surface area contributed by atoms with E-state index in [1.165, 1.54) is 10.5 Å². The fourth-order valence-corrected chi connectivity index (χ4v) is 3.45. The number of halogens is 1. The van der Waals surface area contributed by atoms with Crippen LogP contribution >= 0.6 is 23.4 Å². The number of nitrogens with one attached hydrogen (secondary N) is 1. The predicted octanol–water partition coefficient (Wildman–Crippen LogP) is 5.73. The van der Waals surface area contributed by atoms with Crippen LogP contribution in [0.15, 0.2) is 37.5 Å². The number of carbonyl (C=O) groups excluding carboxylic acids is 1. The summed E-state index contributed by atoms with van der Waals surface area (Å²) in [6, 6.07) is 3.68. The molecule has 1 aromatic heterocycles. The fourth-order valence-electron chi connectivity index (χ4n) is 2.19. The third-order valence-electron chi connectivity index (χ3n) is 4.08. The van der Waals surface area contributed by atoms with Gasteiger partial charge in [-0.05, 0) is 75.7 Å². The summed E-state index contributed by atoms with van der Waals surface area (Å²) in [4.78, 5) is 14.1. The number of allylic oxidation sites excluding steroid dienone is 2. The Morgan fingerprint density at radius 3 is 2.58 bits per heavy atom. The molecule has 0 amide bonds. The number of esters is 1. The number of furan rings is 1. The summed E-state index contributed by atoms with van der Waals surface area (Å²) < 4.78 is 10.5. The highest BCUT2D eigenvalue weighted by Crippen LogP contribution is 2.30. The lowest BCUT2D eigenvalue weighted by Gasteiger charge is -2.14. The second-order valence-electron chi connectivity index (χ2n) is 6.05. The van der Waals surface area contributed by atoms with Crippen molar-refractivity contribution in [3.05, 3.63) is 44.1 Å². The Bertz CT molecular complexity index is 649. The molecule has 0 spiro atoms. The van der Waals surface area contributed by atoms with Gasteiger partial charge in [0.25, 0.3) is 0 Å². The topological polar surface area (TPSA) is 51.5 Å². The molecule has 0 unspecified atom stereocenters. The Kier molecular flexibility index (Phi) is 10.8. The Balaban J connectivity index is 2.54. The first-order valence-corrected chi connectivity index (χ1v) is 10.2. The maximum atomic E-state index is 11.9. The maximum Gasteiger partial charge on any atom is 0.334 e. The molecule has 0 aromatic carbocycles. The summed E-state index contributed by atoms with van der Waals surface area (Å²) >= 11 is 7.44. The van der Waals surface area contributed by atoms with Gasteiger partial charge < -0.3 is 14.5 Å². The van der Waals surface area contributed by atoms with Gasteiger partial charge in [-0.3, -0.25) is 0 Å². The molecule has 146 valence electrons. The standard InChI is InChI=1S/C20H30ClNO3S/c1-6-14(3)18(26-16(5)15(4)20(23)24-7-2)13-22-12-8-9-17-10-11-19(21)25-17/h10-11,22H,6-9,12-13H2,1-5H3/b16-15+,18-14?. The average Bonchev–Trinajstić information content (AvgIpc) is 3.04. The van der Waals surface area contributed by atoms with Crippen molar-refractivity contribution in [3.63, 3.8) is 0 Å². The smallest absolute Gasteiger partial charge is 0.334 e. The lowest BCUT2D eigenvalue weighted by molar-refractivity contribution is -0.138. The van der Waals surface area contributed by atoms with E-state index in [1.807, 2.05) is 26.8 Å². The molecule has 0 aliphatic heterocycles. The molecule has 6 heteroatoms. The van der Waals surface area contributed by atoms with Crippen LogP contribution in [0.4, 0.5) is 0 Å². The molecular weight excluding hydrogens is 370 g/mol. The van der Waals surface area contributed by atoms with Crippen LogP contribution in [-0.4, -0.2) is 25.7 Å². The second kappa shape index (κ2) is 12.3. The normalized spacial score (nSPS) is 13.3. The number of rotatable bonds is 11. The monoisotopic (exact) mass is 399 g/mol. The summed E-state index contributed by atoms with van der Waals surface area (Å²) in [7, 11) is 0. The number of aryl methyl sites for hydroxylation is 1. The molecule has 0 bridgehead atoms. The van der Waals surface area contributed by atoms with Gasteiger partial charge in [-0.25, -0.2) is 4.79 Å². The number of thioether (sulfide) groups is 1. The number of carbonyl (C=O) groups is 1. The van der Waals surface area contributed by atoms with Crippen molar-refractivity contribution in [2.45, 2.75) is 53.9 Å². The minimum absolute atomic E-state index is 0.240. The van der Waals surface area contributed by atoms with Crippen molar-refractivity contribution in [2.75, 3.05) is 19.7 Å². The van der Waals surface area contributed by atoms with Crippen molar-refractivity contribution < 1.29 is 13.9 Å². The zero-order chi connectivity index (χ0) is 19.5. The predicted molar refractivity (Wildman–Crippen MR) is 110 cm³/mol. The van der Waals surface area contributed by atoms with E-state index in [9.17, 15) is 4.79 Å². The highest BCUT2D eigenvalue weighted by Gasteiger charge is 2.12. The van der Waals surface area contributed by atoms with Crippen LogP contribution in [0.2, 0.25) is 5.22 Å². The van der Waals surface area contributed by atoms with E-state index in [-0.39, 0.29) is 5.97 Å². The quantitative estimate of drug-likeness (QED) is 0.292. The molecular formula is C20H30ClNO3S. The van der Waals surface area contributed by atoms with E-state index in [4.69, 9.17) is 20.8 Å². The lowest BCUT2D eigenvalue weighted by atomic mass is 10.2. The third kappa shape index (κ3) is 8.02.